The second-order valence-electron chi connectivity index (χ2n) is 7.68. The highest BCUT2D eigenvalue weighted by Crippen LogP contribution is 2.14. The smallest absolute Gasteiger partial charge is 0.257 e. The van der Waals surface area contributed by atoms with E-state index in [9.17, 15) is 9.59 Å². The normalized spacial score (nSPS) is 16.7. The van der Waals surface area contributed by atoms with E-state index in [1.54, 1.807) is 27.7 Å². The van der Waals surface area contributed by atoms with Crippen LogP contribution in [0, 0.1) is 6.92 Å². The Labute approximate surface area is 172 Å². The van der Waals surface area contributed by atoms with Crippen LogP contribution in [0.15, 0.2) is 24.4 Å². The third kappa shape index (κ3) is 4.93. The third-order valence-electron chi connectivity index (χ3n) is 5.54. The maximum atomic E-state index is 13.1. The average Bonchev–Trinajstić information content (AvgIpc) is 3.04. The van der Waals surface area contributed by atoms with Gasteiger partial charge in [-0.05, 0) is 38.3 Å². The number of anilines is 1. The van der Waals surface area contributed by atoms with Gasteiger partial charge >= 0.3 is 0 Å². The van der Waals surface area contributed by atoms with Gasteiger partial charge in [-0.2, -0.15) is 5.10 Å². The third-order valence-corrected chi connectivity index (χ3v) is 5.54. The van der Waals surface area contributed by atoms with Crippen LogP contribution < -0.4 is 4.90 Å². The molecule has 0 N–H and O–H groups in total. The minimum Gasteiger partial charge on any atom is -0.360 e. The topological polar surface area (TPSA) is 74.6 Å². The molecule has 0 aromatic carbocycles. The van der Waals surface area contributed by atoms with Crippen molar-refractivity contribution in [1.29, 1.82) is 0 Å². The Hall–Kier alpha value is -2.90. The lowest BCUT2D eigenvalue weighted by molar-refractivity contribution is -0.130. The molecule has 156 valence electrons. The lowest BCUT2D eigenvalue weighted by Gasteiger charge is -2.27. The summed E-state index contributed by atoms with van der Waals surface area (Å²) in [7, 11) is 5.63. The molecule has 0 radical (unpaired) electrons. The van der Waals surface area contributed by atoms with Crippen LogP contribution in [-0.4, -0.2) is 76.7 Å². The van der Waals surface area contributed by atoms with Crippen molar-refractivity contribution < 1.29 is 9.59 Å². The van der Waals surface area contributed by atoms with E-state index in [1.807, 2.05) is 39.2 Å². The predicted octanol–water partition coefficient (Wildman–Crippen LogP) is 1.50. The molecule has 8 nitrogen and oxygen atoms in total. The van der Waals surface area contributed by atoms with Gasteiger partial charge in [0, 0.05) is 52.2 Å². The van der Waals surface area contributed by atoms with Crippen molar-refractivity contribution in [3.63, 3.8) is 0 Å². The molecule has 0 saturated carbocycles. The quantitative estimate of drug-likeness (QED) is 0.728. The summed E-state index contributed by atoms with van der Waals surface area (Å²) in [6.07, 6.45) is 3.90. The molecular formula is C21H30N6O2. The number of hydrogen-bond donors (Lipinski definition) is 0. The molecule has 2 aromatic rings. The van der Waals surface area contributed by atoms with E-state index in [0.29, 0.717) is 18.7 Å². The highest BCUT2D eigenvalue weighted by molar-refractivity contribution is 5.97. The first-order valence-corrected chi connectivity index (χ1v) is 10.1. The Morgan fingerprint density at radius 2 is 1.79 bits per heavy atom. The van der Waals surface area contributed by atoms with E-state index in [4.69, 9.17) is 4.98 Å². The Kier molecular flexibility index (Phi) is 6.51. The zero-order valence-electron chi connectivity index (χ0n) is 17.8. The Bertz CT molecular complexity index is 878. The molecule has 0 aliphatic carbocycles. The van der Waals surface area contributed by atoms with Gasteiger partial charge < -0.3 is 14.7 Å². The summed E-state index contributed by atoms with van der Waals surface area (Å²) in [6, 6.07) is 6.04. The summed E-state index contributed by atoms with van der Waals surface area (Å²) in [5.74, 6) is 0.745. The molecule has 0 unspecified atom stereocenters. The van der Waals surface area contributed by atoms with Gasteiger partial charge in [-0.15, -0.1) is 0 Å². The number of carbonyl (C=O) groups is 2. The molecule has 0 atom stereocenters. The van der Waals surface area contributed by atoms with Crippen molar-refractivity contribution >= 4 is 17.6 Å². The largest absolute Gasteiger partial charge is 0.360 e. The molecule has 0 fully saturated rings. The SMILES string of the molecule is Cc1c(C(=O)N2CCCc3cccc(n3)N(C)CCCN(C)C(=O)C2)cnn1C. The van der Waals surface area contributed by atoms with E-state index < -0.39 is 0 Å². The van der Waals surface area contributed by atoms with Gasteiger partial charge in [-0.25, -0.2) is 4.98 Å². The van der Waals surface area contributed by atoms with E-state index in [0.717, 1.165) is 43.0 Å². The summed E-state index contributed by atoms with van der Waals surface area (Å²) < 4.78 is 1.68. The molecule has 3 rings (SSSR count). The summed E-state index contributed by atoms with van der Waals surface area (Å²) in [5, 5.41) is 4.17. The molecule has 2 bridgehead atoms. The molecular weight excluding hydrogens is 368 g/mol. The fraction of sp³-hybridized carbons (Fsp3) is 0.524. The number of pyridine rings is 1. The van der Waals surface area contributed by atoms with Crippen LogP contribution in [0.25, 0.3) is 0 Å². The van der Waals surface area contributed by atoms with E-state index in [2.05, 4.69) is 10.00 Å². The van der Waals surface area contributed by atoms with E-state index in [-0.39, 0.29) is 18.4 Å². The Morgan fingerprint density at radius 1 is 1.03 bits per heavy atom. The van der Waals surface area contributed by atoms with Crippen LogP contribution in [0.1, 0.15) is 34.6 Å². The maximum absolute atomic E-state index is 13.1. The molecule has 1 aliphatic rings. The summed E-state index contributed by atoms with van der Waals surface area (Å²) in [4.78, 5) is 36.1. The van der Waals surface area contributed by atoms with Crippen LogP contribution in [0.3, 0.4) is 0 Å². The summed E-state index contributed by atoms with van der Waals surface area (Å²) >= 11 is 0. The number of fused-ring (bicyclic) bond motifs is 2. The molecule has 0 spiro atoms. The summed E-state index contributed by atoms with van der Waals surface area (Å²) in [6.45, 7) is 3.88. The van der Waals surface area contributed by atoms with Crippen molar-refractivity contribution in [3.05, 3.63) is 41.3 Å². The van der Waals surface area contributed by atoms with Crippen molar-refractivity contribution in [3.8, 4) is 0 Å². The lowest BCUT2D eigenvalue weighted by atomic mass is 10.1. The lowest BCUT2D eigenvalue weighted by Crippen LogP contribution is -2.43. The van der Waals surface area contributed by atoms with Crippen molar-refractivity contribution in [2.45, 2.75) is 26.2 Å². The minimum absolute atomic E-state index is 0.0451. The van der Waals surface area contributed by atoms with Crippen LogP contribution in [0.4, 0.5) is 5.82 Å². The summed E-state index contributed by atoms with van der Waals surface area (Å²) in [5.41, 5.74) is 2.35. The molecule has 2 amide bonds. The van der Waals surface area contributed by atoms with Crippen LogP contribution >= 0.6 is 0 Å². The van der Waals surface area contributed by atoms with Gasteiger partial charge in [0.25, 0.3) is 5.91 Å². The van der Waals surface area contributed by atoms with Gasteiger partial charge in [0.2, 0.25) is 5.91 Å². The number of hydrogen-bond acceptors (Lipinski definition) is 5. The molecule has 29 heavy (non-hydrogen) atoms. The van der Waals surface area contributed by atoms with Crippen molar-refractivity contribution in [2.24, 2.45) is 7.05 Å². The molecule has 2 aromatic heterocycles. The Balaban J connectivity index is 1.82. The number of aryl methyl sites for hydroxylation is 2. The highest BCUT2D eigenvalue weighted by atomic mass is 16.2. The first kappa shape index (κ1) is 20.8. The van der Waals surface area contributed by atoms with Crippen LogP contribution in [-0.2, 0) is 18.3 Å². The second-order valence-corrected chi connectivity index (χ2v) is 7.68. The number of rotatable bonds is 1. The van der Waals surface area contributed by atoms with Gasteiger partial charge in [-0.3, -0.25) is 14.3 Å². The van der Waals surface area contributed by atoms with Gasteiger partial charge in [-0.1, -0.05) is 6.07 Å². The predicted molar refractivity (Wildman–Crippen MR) is 112 cm³/mol. The van der Waals surface area contributed by atoms with Gasteiger partial charge in [0.1, 0.15) is 12.4 Å². The fourth-order valence-corrected chi connectivity index (χ4v) is 3.47. The first-order valence-electron chi connectivity index (χ1n) is 10.1. The highest BCUT2D eigenvalue weighted by Gasteiger charge is 2.23. The molecule has 3 heterocycles. The number of amides is 2. The zero-order valence-corrected chi connectivity index (χ0v) is 17.8. The number of nitrogens with zero attached hydrogens (tertiary/aromatic N) is 6. The number of carbonyl (C=O) groups excluding carboxylic acids is 2. The van der Waals surface area contributed by atoms with E-state index >= 15 is 0 Å². The first-order chi connectivity index (χ1) is 13.9. The molecule has 1 aliphatic heterocycles. The van der Waals surface area contributed by atoms with Gasteiger partial charge in [0.15, 0.2) is 0 Å². The minimum atomic E-state index is -0.147. The average molecular weight is 399 g/mol. The number of aromatic nitrogens is 3. The maximum Gasteiger partial charge on any atom is 0.257 e. The second kappa shape index (κ2) is 9.07. The van der Waals surface area contributed by atoms with Crippen LogP contribution in [0.2, 0.25) is 0 Å². The standard InChI is InChI=1S/C21H30N6O2/c1-16-18(14-22-26(16)4)21(29)27-13-6-9-17-8-5-10-19(23-17)24(2)11-7-12-25(3)20(28)15-27/h5,8,10,14H,6-7,9,11-13,15H2,1-4H3. The van der Waals surface area contributed by atoms with Crippen LogP contribution in [0.5, 0.6) is 0 Å². The molecule has 8 heteroatoms. The monoisotopic (exact) mass is 398 g/mol. The van der Waals surface area contributed by atoms with Crippen molar-refractivity contribution in [1.82, 2.24) is 24.6 Å². The Morgan fingerprint density at radius 3 is 2.52 bits per heavy atom. The number of likely N-dealkylation sites (N-methyl/N-ethyl adjacent to an activating group) is 1. The zero-order chi connectivity index (χ0) is 21.0. The molecule has 0 saturated heterocycles. The van der Waals surface area contributed by atoms with E-state index in [1.165, 1.54) is 0 Å². The fourth-order valence-electron chi connectivity index (χ4n) is 3.47. The van der Waals surface area contributed by atoms with Gasteiger partial charge in [0.05, 0.1) is 11.8 Å². The van der Waals surface area contributed by atoms with Crippen molar-refractivity contribution in [2.75, 3.05) is 45.2 Å².